The number of rotatable bonds is 23. The average Bonchev–Trinajstić information content (AvgIpc) is 3.50. The molecule has 2 aromatic rings. The Bertz CT molecular complexity index is 1140. The van der Waals surface area contributed by atoms with Crippen molar-refractivity contribution >= 4 is 23.0 Å². The average molecular weight is 606 g/mol. The number of carbonyl (C=O) groups is 2. The molecule has 10 nitrogen and oxygen atoms in total. The molecule has 0 unspecified atom stereocenters. The summed E-state index contributed by atoms with van der Waals surface area (Å²) in [6, 6.07) is 0. The zero-order valence-electron chi connectivity index (χ0n) is 27.5. The highest BCUT2D eigenvalue weighted by atomic mass is 16.5. The Balaban J connectivity index is 0.000000580. The van der Waals surface area contributed by atoms with Crippen molar-refractivity contribution in [1.82, 2.24) is 24.4 Å². The number of nitrogens with one attached hydrogen (secondary N) is 2. The van der Waals surface area contributed by atoms with Gasteiger partial charge in [-0.25, -0.2) is 9.78 Å². The van der Waals surface area contributed by atoms with Crippen molar-refractivity contribution < 1.29 is 14.3 Å². The molecular formula is C33H59N5O5. The summed E-state index contributed by atoms with van der Waals surface area (Å²) in [6.07, 6.45) is 25.7. The summed E-state index contributed by atoms with van der Waals surface area (Å²) >= 11 is 0. The summed E-state index contributed by atoms with van der Waals surface area (Å²) in [7, 11) is 3.01. The summed E-state index contributed by atoms with van der Waals surface area (Å²) in [5, 5.41) is 2.68. The second-order valence-electron chi connectivity index (χ2n) is 11.6. The molecule has 0 fully saturated rings. The number of hydrogen-bond donors (Lipinski definition) is 2. The second-order valence-corrected chi connectivity index (χ2v) is 11.6. The molecule has 2 N–H and O–H groups in total. The first-order chi connectivity index (χ1) is 20.8. The number of hydrogen-bond acceptors (Lipinski definition) is 6. The van der Waals surface area contributed by atoms with Crippen LogP contribution in [0.5, 0.6) is 0 Å². The fourth-order valence-electron chi connectivity index (χ4n) is 4.95. The van der Waals surface area contributed by atoms with Gasteiger partial charge in [-0.1, -0.05) is 123 Å². The molecule has 0 aliphatic carbocycles. The predicted molar refractivity (Wildman–Crippen MR) is 174 cm³/mol. The number of carbonyl (C=O) groups excluding carboxylic acids is 2. The molecule has 0 aliphatic heterocycles. The second kappa shape index (κ2) is 24.5. The third-order valence-electron chi connectivity index (χ3n) is 7.73. The van der Waals surface area contributed by atoms with Crippen LogP contribution in [0.4, 0.5) is 0 Å². The van der Waals surface area contributed by atoms with E-state index >= 15 is 0 Å². The Hall–Kier alpha value is -2.91. The van der Waals surface area contributed by atoms with E-state index in [1.165, 1.54) is 114 Å². The Morgan fingerprint density at radius 1 is 0.744 bits per heavy atom. The number of unbranched alkanes of at least 4 members (excludes halogenated alkanes) is 17. The molecule has 1 amide bonds. The first kappa shape index (κ1) is 38.1. The predicted octanol–water partition coefficient (Wildman–Crippen LogP) is 6.45. The fourth-order valence-corrected chi connectivity index (χ4v) is 4.95. The van der Waals surface area contributed by atoms with E-state index in [1.807, 2.05) is 0 Å². The summed E-state index contributed by atoms with van der Waals surface area (Å²) < 4.78 is 7.58. The van der Waals surface area contributed by atoms with Crippen molar-refractivity contribution in [2.24, 2.45) is 14.1 Å². The highest BCUT2D eigenvalue weighted by Crippen LogP contribution is 2.11. The molecule has 2 aromatic heterocycles. The van der Waals surface area contributed by atoms with Gasteiger partial charge in [0.2, 0.25) is 5.91 Å². The van der Waals surface area contributed by atoms with E-state index in [0.29, 0.717) is 24.2 Å². The highest BCUT2D eigenvalue weighted by Gasteiger charge is 2.09. The quantitative estimate of drug-likeness (QED) is 0.111. The van der Waals surface area contributed by atoms with Crippen LogP contribution >= 0.6 is 0 Å². The zero-order chi connectivity index (χ0) is 31.7. The summed E-state index contributed by atoms with van der Waals surface area (Å²) in [4.78, 5) is 52.9. The third-order valence-corrected chi connectivity index (χ3v) is 7.73. The molecule has 0 aromatic carbocycles. The minimum atomic E-state index is -0.371. The molecule has 0 aliphatic rings. The minimum absolute atomic E-state index is 0.00796. The van der Waals surface area contributed by atoms with Crippen LogP contribution < -0.4 is 16.6 Å². The minimum Gasteiger partial charge on any atom is -0.464 e. The molecule has 2 rings (SSSR count). The van der Waals surface area contributed by atoms with E-state index in [9.17, 15) is 19.2 Å². The van der Waals surface area contributed by atoms with Gasteiger partial charge in [0.05, 0.1) is 12.9 Å². The number of aromatic amines is 1. The number of nitrogens with zero attached hydrogens (tertiary/aromatic N) is 3. The molecule has 246 valence electrons. The van der Waals surface area contributed by atoms with Crippen molar-refractivity contribution in [2.45, 2.75) is 142 Å². The fraction of sp³-hybridized carbons (Fsp3) is 0.788. The lowest BCUT2D eigenvalue weighted by Gasteiger charge is -2.07. The highest BCUT2D eigenvalue weighted by molar-refractivity contribution is 5.81. The number of aryl methyl sites for hydroxylation is 1. The molecule has 0 bridgehead atoms. The van der Waals surface area contributed by atoms with Gasteiger partial charge in [-0.15, -0.1) is 0 Å². The van der Waals surface area contributed by atoms with Gasteiger partial charge in [-0.2, -0.15) is 0 Å². The number of aromatic nitrogens is 4. The maximum atomic E-state index is 11.8. The third kappa shape index (κ3) is 17.1. The molecule has 0 saturated carbocycles. The molecule has 0 saturated heterocycles. The van der Waals surface area contributed by atoms with Gasteiger partial charge < -0.3 is 15.0 Å². The zero-order valence-corrected chi connectivity index (χ0v) is 27.5. The Morgan fingerprint density at radius 3 is 1.77 bits per heavy atom. The van der Waals surface area contributed by atoms with Gasteiger partial charge in [0.25, 0.3) is 5.56 Å². The topological polar surface area (TPSA) is 128 Å². The van der Waals surface area contributed by atoms with Crippen LogP contribution in [0.25, 0.3) is 11.2 Å². The number of imidazole rings is 1. The van der Waals surface area contributed by atoms with Gasteiger partial charge in [0.1, 0.15) is 12.1 Å². The maximum absolute atomic E-state index is 11.8. The normalized spacial score (nSPS) is 10.9. The van der Waals surface area contributed by atoms with Gasteiger partial charge in [-0.05, 0) is 12.8 Å². The smallest absolute Gasteiger partial charge is 0.332 e. The standard InChI is InChI=1S/C26H51NO3.C7H8N4O2/c1-3-5-7-9-11-13-15-17-19-21-23-30-26(29)24-27-25(28)22-20-18-16-14-12-10-8-6-4-2;1-10-5-4(8-3-9-5)6(12)11(2)7(10)13/h3-24H2,1-2H3,(H,27,28);3H,1-2H3,(H,8,9). The lowest BCUT2D eigenvalue weighted by molar-refractivity contribution is -0.144. The van der Waals surface area contributed by atoms with Gasteiger partial charge in [0.15, 0.2) is 5.65 Å². The molecule has 0 atom stereocenters. The lowest BCUT2D eigenvalue weighted by atomic mass is 10.1. The van der Waals surface area contributed by atoms with Crippen molar-refractivity contribution in [3.05, 3.63) is 27.2 Å². The monoisotopic (exact) mass is 605 g/mol. The number of esters is 1. The summed E-state index contributed by atoms with van der Waals surface area (Å²) in [5.41, 5.74) is 0.0119. The first-order valence-electron chi connectivity index (χ1n) is 16.8. The summed E-state index contributed by atoms with van der Waals surface area (Å²) in [5.74, 6) is -0.347. The lowest BCUT2D eigenvalue weighted by Crippen LogP contribution is -2.36. The van der Waals surface area contributed by atoms with Gasteiger partial charge in [-0.3, -0.25) is 23.5 Å². The van der Waals surface area contributed by atoms with Crippen molar-refractivity contribution in [3.8, 4) is 0 Å². The number of amides is 1. The number of fused-ring (bicyclic) bond motifs is 1. The molecule has 43 heavy (non-hydrogen) atoms. The SMILES string of the molecule is CCCCCCCCCCCCOC(=O)CNC(=O)CCCCCCCCCCC.Cn1c(=O)c2[nH]cnc2n(C)c1=O. The van der Waals surface area contributed by atoms with Crippen LogP contribution in [-0.4, -0.2) is 44.1 Å². The Kier molecular flexibility index (Phi) is 21.7. The van der Waals surface area contributed by atoms with Crippen molar-refractivity contribution in [1.29, 1.82) is 0 Å². The van der Waals surface area contributed by atoms with Crippen LogP contribution in [0.15, 0.2) is 15.9 Å². The largest absolute Gasteiger partial charge is 0.464 e. The Labute approximate surface area is 258 Å². The van der Waals surface area contributed by atoms with Crippen molar-refractivity contribution in [3.63, 3.8) is 0 Å². The molecule has 2 heterocycles. The van der Waals surface area contributed by atoms with Crippen LogP contribution in [0.2, 0.25) is 0 Å². The Morgan fingerprint density at radius 2 is 1.23 bits per heavy atom. The molecular weight excluding hydrogens is 546 g/mol. The summed E-state index contributed by atoms with van der Waals surface area (Å²) in [6.45, 7) is 4.97. The van der Waals surface area contributed by atoms with E-state index in [2.05, 4.69) is 29.1 Å². The van der Waals surface area contributed by atoms with Crippen molar-refractivity contribution in [2.75, 3.05) is 13.2 Å². The van der Waals surface area contributed by atoms with E-state index in [0.717, 1.165) is 30.3 Å². The van der Waals surface area contributed by atoms with E-state index < -0.39 is 0 Å². The van der Waals surface area contributed by atoms with Crippen LogP contribution in [0.3, 0.4) is 0 Å². The van der Waals surface area contributed by atoms with E-state index in [4.69, 9.17) is 4.74 Å². The molecule has 0 radical (unpaired) electrons. The molecule has 0 spiro atoms. The molecule has 10 heteroatoms. The van der Waals surface area contributed by atoms with Crippen LogP contribution in [-0.2, 0) is 28.4 Å². The number of ether oxygens (including phenoxy) is 1. The van der Waals surface area contributed by atoms with E-state index in [1.54, 1.807) is 7.05 Å². The van der Waals surface area contributed by atoms with E-state index in [-0.39, 0.29) is 29.7 Å². The van der Waals surface area contributed by atoms with Gasteiger partial charge >= 0.3 is 11.7 Å². The maximum Gasteiger partial charge on any atom is 0.332 e. The van der Waals surface area contributed by atoms with Gasteiger partial charge in [0, 0.05) is 20.5 Å². The number of H-pyrrole nitrogens is 1. The van der Waals surface area contributed by atoms with Crippen LogP contribution in [0.1, 0.15) is 142 Å². The first-order valence-corrected chi connectivity index (χ1v) is 16.8. The van der Waals surface area contributed by atoms with Crippen LogP contribution in [0, 0.1) is 0 Å².